The van der Waals surface area contributed by atoms with E-state index in [9.17, 15) is 14.4 Å². The van der Waals surface area contributed by atoms with Gasteiger partial charge >= 0.3 is 5.97 Å². The number of carbonyl (C=O) groups excluding carboxylic acids is 3. The number of thiophene rings is 1. The topological polar surface area (TPSA) is 93.7 Å². The lowest BCUT2D eigenvalue weighted by atomic mass is 10.2. The van der Waals surface area contributed by atoms with E-state index in [1.165, 1.54) is 25.4 Å². The smallest absolute Gasteiger partial charge is 0.310 e. The van der Waals surface area contributed by atoms with Crippen molar-refractivity contribution in [2.45, 2.75) is 13.3 Å². The Bertz CT molecular complexity index is 758. The maximum absolute atomic E-state index is 12.0. The van der Waals surface area contributed by atoms with Gasteiger partial charge < -0.3 is 20.1 Å². The Morgan fingerprint density at radius 3 is 2.60 bits per heavy atom. The van der Waals surface area contributed by atoms with E-state index in [0.29, 0.717) is 17.1 Å². The molecule has 0 bridgehead atoms. The molecule has 0 aliphatic heterocycles. The molecule has 2 amide bonds. The zero-order chi connectivity index (χ0) is 18.2. The molecule has 0 radical (unpaired) electrons. The molecule has 1 aromatic carbocycles. The van der Waals surface area contributed by atoms with Crippen LogP contribution in [-0.2, 0) is 25.5 Å². The third-order valence-electron chi connectivity index (χ3n) is 3.09. The Hall–Kier alpha value is -2.87. The molecule has 0 saturated carbocycles. The Balaban J connectivity index is 1.92. The molecule has 0 fully saturated rings. The molecule has 0 unspecified atom stereocenters. The molecule has 132 valence electrons. The lowest BCUT2D eigenvalue weighted by molar-refractivity contribution is -0.146. The van der Waals surface area contributed by atoms with Gasteiger partial charge in [0, 0.05) is 12.6 Å². The standard InChI is InChI=1S/C17H18N2O5S/c1-11(20)18-13-3-4-15(23-2)14(8-13)19-16(21)9-24-17(22)7-12-5-6-25-10-12/h3-6,8,10H,7,9H2,1-2H3,(H,18,20)(H,19,21). The maximum atomic E-state index is 12.0. The van der Waals surface area contributed by atoms with Gasteiger partial charge in [-0.1, -0.05) is 0 Å². The quantitative estimate of drug-likeness (QED) is 0.738. The van der Waals surface area contributed by atoms with Gasteiger partial charge in [0.1, 0.15) is 5.75 Å². The van der Waals surface area contributed by atoms with Crippen LogP contribution in [0.2, 0.25) is 0 Å². The molecule has 25 heavy (non-hydrogen) atoms. The van der Waals surface area contributed by atoms with Crippen molar-refractivity contribution in [3.63, 3.8) is 0 Å². The molecule has 1 heterocycles. The van der Waals surface area contributed by atoms with Crippen LogP contribution in [-0.4, -0.2) is 31.5 Å². The summed E-state index contributed by atoms with van der Waals surface area (Å²) in [5, 5.41) is 8.93. The zero-order valence-corrected chi connectivity index (χ0v) is 14.6. The van der Waals surface area contributed by atoms with E-state index < -0.39 is 18.5 Å². The second-order valence-corrected chi connectivity index (χ2v) is 5.89. The summed E-state index contributed by atoms with van der Waals surface area (Å²) in [5.74, 6) is -0.790. The SMILES string of the molecule is COc1ccc(NC(C)=O)cc1NC(=O)COC(=O)Cc1ccsc1. The largest absolute Gasteiger partial charge is 0.495 e. The van der Waals surface area contributed by atoms with Gasteiger partial charge in [0.25, 0.3) is 5.91 Å². The van der Waals surface area contributed by atoms with Crippen LogP contribution in [0.1, 0.15) is 12.5 Å². The van der Waals surface area contributed by atoms with Crippen LogP contribution < -0.4 is 15.4 Å². The lowest BCUT2D eigenvalue weighted by Crippen LogP contribution is -2.22. The molecule has 0 spiro atoms. The Kier molecular flexibility index (Phi) is 6.53. The predicted molar refractivity (Wildman–Crippen MR) is 94.9 cm³/mol. The van der Waals surface area contributed by atoms with Gasteiger partial charge in [-0.3, -0.25) is 14.4 Å². The first kappa shape index (κ1) is 18.5. The number of carbonyl (C=O) groups is 3. The molecule has 7 nitrogen and oxygen atoms in total. The van der Waals surface area contributed by atoms with Gasteiger partial charge in [-0.25, -0.2) is 0 Å². The van der Waals surface area contributed by atoms with Gasteiger partial charge in [0.05, 0.1) is 19.2 Å². The molecular weight excluding hydrogens is 344 g/mol. The van der Waals surface area contributed by atoms with Crippen molar-refractivity contribution in [1.29, 1.82) is 0 Å². The molecule has 2 N–H and O–H groups in total. The highest BCUT2D eigenvalue weighted by molar-refractivity contribution is 7.08. The summed E-state index contributed by atoms with van der Waals surface area (Å²) in [6.07, 6.45) is 0.123. The van der Waals surface area contributed by atoms with Crippen LogP contribution in [0.3, 0.4) is 0 Å². The van der Waals surface area contributed by atoms with E-state index in [2.05, 4.69) is 10.6 Å². The summed E-state index contributed by atoms with van der Waals surface area (Å²) >= 11 is 1.49. The number of methoxy groups -OCH3 is 1. The van der Waals surface area contributed by atoms with Crippen LogP contribution in [0.5, 0.6) is 5.75 Å². The summed E-state index contributed by atoms with van der Waals surface area (Å²) in [6, 6.07) is 6.65. The number of esters is 1. The molecule has 2 aromatic rings. The van der Waals surface area contributed by atoms with E-state index in [1.54, 1.807) is 18.2 Å². The van der Waals surface area contributed by atoms with Gasteiger partial charge in [0.2, 0.25) is 5.91 Å². The lowest BCUT2D eigenvalue weighted by Gasteiger charge is -2.12. The summed E-state index contributed by atoms with van der Waals surface area (Å²) in [6.45, 7) is 0.978. The zero-order valence-electron chi connectivity index (χ0n) is 13.8. The number of ether oxygens (including phenoxy) is 2. The van der Waals surface area contributed by atoms with E-state index in [-0.39, 0.29) is 12.3 Å². The highest BCUT2D eigenvalue weighted by Gasteiger charge is 2.12. The number of hydrogen-bond donors (Lipinski definition) is 2. The maximum Gasteiger partial charge on any atom is 0.310 e. The predicted octanol–water partition coefficient (Wildman–Crippen LogP) is 2.44. The van der Waals surface area contributed by atoms with Gasteiger partial charge in [0.15, 0.2) is 6.61 Å². The minimum Gasteiger partial charge on any atom is -0.495 e. The van der Waals surface area contributed by atoms with Crippen molar-refractivity contribution in [3.8, 4) is 5.75 Å². The van der Waals surface area contributed by atoms with E-state index in [0.717, 1.165) is 5.56 Å². The van der Waals surface area contributed by atoms with Crippen molar-refractivity contribution in [2.24, 2.45) is 0 Å². The molecule has 1 aromatic heterocycles. The fourth-order valence-corrected chi connectivity index (χ4v) is 2.70. The van der Waals surface area contributed by atoms with Crippen LogP contribution in [0.15, 0.2) is 35.0 Å². The highest BCUT2D eigenvalue weighted by Crippen LogP contribution is 2.27. The summed E-state index contributed by atoms with van der Waals surface area (Å²) in [5.41, 5.74) is 1.73. The fourth-order valence-electron chi connectivity index (χ4n) is 2.03. The van der Waals surface area contributed by atoms with E-state index >= 15 is 0 Å². The minimum atomic E-state index is -0.503. The first-order valence-electron chi connectivity index (χ1n) is 7.40. The molecule has 0 saturated heterocycles. The molecule has 0 aliphatic rings. The third-order valence-corrected chi connectivity index (χ3v) is 3.82. The molecule has 8 heteroatoms. The fraction of sp³-hybridized carbons (Fsp3) is 0.235. The number of nitrogens with one attached hydrogen (secondary N) is 2. The number of anilines is 2. The second kappa shape index (κ2) is 8.84. The first-order valence-corrected chi connectivity index (χ1v) is 8.34. The summed E-state index contributed by atoms with van der Waals surface area (Å²) < 4.78 is 10.1. The molecule has 0 atom stereocenters. The Labute approximate surface area is 148 Å². The summed E-state index contributed by atoms with van der Waals surface area (Å²) in [7, 11) is 1.46. The van der Waals surface area contributed by atoms with Crippen molar-refractivity contribution < 1.29 is 23.9 Å². The molecule has 2 rings (SSSR count). The Morgan fingerprint density at radius 1 is 1.16 bits per heavy atom. The van der Waals surface area contributed by atoms with Crippen molar-refractivity contribution in [2.75, 3.05) is 24.4 Å². The average Bonchev–Trinajstić information content (AvgIpc) is 3.05. The van der Waals surface area contributed by atoms with Gasteiger partial charge in [-0.2, -0.15) is 11.3 Å². The average molecular weight is 362 g/mol. The third kappa shape index (κ3) is 5.92. The number of benzene rings is 1. The first-order chi connectivity index (χ1) is 12.0. The van der Waals surface area contributed by atoms with Gasteiger partial charge in [-0.15, -0.1) is 0 Å². The normalized spacial score (nSPS) is 10.0. The van der Waals surface area contributed by atoms with E-state index in [4.69, 9.17) is 9.47 Å². The van der Waals surface area contributed by atoms with E-state index in [1.807, 2.05) is 16.8 Å². The number of hydrogen-bond acceptors (Lipinski definition) is 6. The highest BCUT2D eigenvalue weighted by atomic mass is 32.1. The molecular formula is C17H18N2O5S. The van der Waals surface area contributed by atoms with Crippen molar-refractivity contribution in [1.82, 2.24) is 0 Å². The van der Waals surface area contributed by atoms with Crippen LogP contribution >= 0.6 is 11.3 Å². The summed E-state index contributed by atoms with van der Waals surface area (Å²) in [4.78, 5) is 34.8. The van der Waals surface area contributed by atoms with Crippen LogP contribution in [0, 0.1) is 0 Å². The number of amides is 2. The molecule has 0 aliphatic carbocycles. The monoisotopic (exact) mass is 362 g/mol. The van der Waals surface area contributed by atoms with Crippen molar-refractivity contribution in [3.05, 3.63) is 40.6 Å². The van der Waals surface area contributed by atoms with Crippen LogP contribution in [0.4, 0.5) is 11.4 Å². The second-order valence-electron chi connectivity index (χ2n) is 5.11. The van der Waals surface area contributed by atoms with Gasteiger partial charge in [-0.05, 0) is 40.6 Å². The Morgan fingerprint density at radius 2 is 1.96 bits per heavy atom. The number of rotatable bonds is 7. The van der Waals surface area contributed by atoms with Crippen LogP contribution in [0.25, 0.3) is 0 Å². The van der Waals surface area contributed by atoms with Crippen molar-refractivity contribution >= 4 is 40.5 Å². The minimum absolute atomic E-state index is 0.123.